The molecule has 0 fully saturated rings. The zero-order valence-corrected chi connectivity index (χ0v) is 7.52. The number of nitrogens with two attached hydrogens (primary N) is 1. The van der Waals surface area contributed by atoms with E-state index in [-0.39, 0.29) is 18.0 Å². The highest BCUT2D eigenvalue weighted by atomic mass is 35.5. The molecular formula is C8H10ClF2NO. The maximum Gasteiger partial charge on any atom is 0.130 e. The van der Waals surface area contributed by atoms with E-state index in [0.29, 0.717) is 0 Å². The summed E-state index contributed by atoms with van der Waals surface area (Å²) in [4.78, 5) is 0. The molecule has 0 aliphatic heterocycles. The topological polar surface area (TPSA) is 46.2 Å². The van der Waals surface area contributed by atoms with E-state index in [9.17, 15) is 8.78 Å². The summed E-state index contributed by atoms with van der Waals surface area (Å²) in [6.45, 7) is -0.474. The quantitative estimate of drug-likeness (QED) is 0.773. The number of aliphatic hydroxyl groups is 1. The average Bonchev–Trinajstić information content (AvgIpc) is 2.03. The molecule has 0 aliphatic carbocycles. The maximum absolute atomic E-state index is 12.9. The van der Waals surface area contributed by atoms with Gasteiger partial charge >= 0.3 is 0 Å². The highest BCUT2D eigenvalue weighted by Gasteiger charge is 2.14. The Balaban J connectivity index is 0.00000144. The molecule has 1 aromatic carbocycles. The Morgan fingerprint density at radius 2 is 1.77 bits per heavy atom. The van der Waals surface area contributed by atoms with Crippen LogP contribution in [0, 0.1) is 11.6 Å². The molecule has 1 rings (SSSR count). The first-order valence-electron chi connectivity index (χ1n) is 3.47. The Morgan fingerprint density at radius 3 is 2.15 bits per heavy atom. The molecule has 2 nitrogen and oxygen atoms in total. The van der Waals surface area contributed by atoms with E-state index in [2.05, 4.69) is 0 Å². The maximum atomic E-state index is 12.9. The summed E-state index contributed by atoms with van der Waals surface area (Å²) in [7, 11) is 0. The summed E-state index contributed by atoms with van der Waals surface area (Å²) in [6, 6.07) is 2.46. The highest BCUT2D eigenvalue weighted by molar-refractivity contribution is 5.85. The summed E-state index contributed by atoms with van der Waals surface area (Å²) in [5.41, 5.74) is 5.00. The van der Waals surface area contributed by atoms with Gasteiger partial charge in [0.15, 0.2) is 0 Å². The second kappa shape index (κ2) is 5.11. The third-order valence-corrected chi connectivity index (χ3v) is 1.57. The van der Waals surface area contributed by atoms with Crippen molar-refractivity contribution in [2.45, 2.75) is 6.04 Å². The van der Waals surface area contributed by atoms with Crippen molar-refractivity contribution in [1.82, 2.24) is 0 Å². The van der Waals surface area contributed by atoms with Gasteiger partial charge in [-0.25, -0.2) is 8.78 Å². The van der Waals surface area contributed by atoms with Crippen molar-refractivity contribution in [1.29, 1.82) is 0 Å². The fourth-order valence-corrected chi connectivity index (χ4v) is 0.956. The van der Waals surface area contributed by atoms with E-state index in [1.54, 1.807) is 0 Å². The van der Waals surface area contributed by atoms with E-state index in [1.165, 1.54) is 6.07 Å². The molecule has 0 saturated carbocycles. The largest absolute Gasteiger partial charge is 0.394 e. The molecule has 0 heterocycles. The van der Waals surface area contributed by atoms with Crippen molar-refractivity contribution in [2.24, 2.45) is 5.73 Å². The number of rotatable bonds is 2. The monoisotopic (exact) mass is 209 g/mol. The van der Waals surface area contributed by atoms with Crippen molar-refractivity contribution in [3.05, 3.63) is 35.4 Å². The zero-order valence-electron chi connectivity index (χ0n) is 6.71. The molecule has 1 atom stereocenters. The molecule has 0 aliphatic rings. The van der Waals surface area contributed by atoms with E-state index < -0.39 is 24.3 Å². The third kappa shape index (κ3) is 2.62. The summed E-state index contributed by atoms with van der Waals surface area (Å²) < 4.78 is 25.7. The lowest BCUT2D eigenvalue weighted by Crippen LogP contribution is -2.17. The van der Waals surface area contributed by atoms with Crippen LogP contribution in [0.25, 0.3) is 0 Å². The van der Waals surface area contributed by atoms with Crippen molar-refractivity contribution in [3.8, 4) is 0 Å². The van der Waals surface area contributed by atoms with Crippen molar-refractivity contribution in [3.63, 3.8) is 0 Å². The van der Waals surface area contributed by atoms with E-state index in [1.807, 2.05) is 0 Å². The minimum Gasteiger partial charge on any atom is -0.394 e. The van der Waals surface area contributed by atoms with Gasteiger partial charge in [0.05, 0.1) is 12.6 Å². The lowest BCUT2D eigenvalue weighted by atomic mass is 10.1. The van der Waals surface area contributed by atoms with Gasteiger partial charge in [0.25, 0.3) is 0 Å². The molecule has 5 heteroatoms. The SMILES string of the molecule is Cl.N[C@H](CO)c1c(F)cccc1F. The van der Waals surface area contributed by atoms with E-state index in [4.69, 9.17) is 10.8 Å². The molecule has 1 aromatic rings. The molecule has 0 unspecified atom stereocenters. The fourth-order valence-electron chi connectivity index (χ4n) is 0.956. The van der Waals surface area contributed by atoms with Gasteiger partial charge in [-0.2, -0.15) is 0 Å². The smallest absolute Gasteiger partial charge is 0.130 e. The van der Waals surface area contributed by atoms with Crippen LogP contribution in [0.5, 0.6) is 0 Å². The Kier molecular flexibility index (Phi) is 4.83. The Bertz CT molecular complexity index is 263. The van der Waals surface area contributed by atoms with E-state index >= 15 is 0 Å². The molecule has 0 saturated heterocycles. The lowest BCUT2D eigenvalue weighted by Gasteiger charge is -2.09. The van der Waals surface area contributed by atoms with Crippen LogP contribution in [-0.4, -0.2) is 11.7 Å². The molecule has 74 valence electrons. The molecule has 0 amide bonds. The van der Waals surface area contributed by atoms with Gasteiger partial charge in [-0.3, -0.25) is 0 Å². The minimum atomic E-state index is -0.994. The Hall–Kier alpha value is -0.710. The predicted octanol–water partition coefficient (Wildman–Crippen LogP) is 1.38. The zero-order chi connectivity index (χ0) is 9.14. The van der Waals surface area contributed by atoms with Crippen molar-refractivity contribution >= 4 is 12.4 Å². The average molecular weight is 210 g/mol. The van der Waals surface area contributed by atoms with Gasteiger partial charge in [-0.1, -0.05) is 6.07 Å². The van der Waals surface area contributed by atoms with Crippen LogP contribution in [0.1, 0.15) is 11.6 Å². The highest BCUT2D eigenvalue weighted by Crippen LogP contribution is 2.17. The van der Waals surface area contributed by atoms with Crippen molar-refractivity contribution < 1.29 is 13.9 Å². The second-order valence-corrected chi connectivity index (χ2v) is 2.42. The van der Waals surface area contributed by atoms with Crippen LogP contribution in [0.2, 0.25) is 0 Å². The number of aliphatic hydroxyl groups excluding tert-OH is 1. The van der Waals surface area contributed by atoms with Crippen LogP contribution in [0.3, 0.4) is 0 Å². The van der Waals surface area contributed by atoms with Crippen LogP contribution in [-0.2, 0) is 0 Å². The van der Waals surface area contributed by atoms with Gasteiger partial charge in [-0.15, -0.1) is 12.4 Å². The number of benzene rings is 1. The molecule has 0 aromatic heterocycles. The minimum absolute atomic E-state index is 0. The standard InChI is InChI=1S/C8H9F2NO.ClH/c9-5-2-1-3-6(10)8(5)7(11)4-12;/h1-3,7,12H,4,11H2;1H/t7-;/m1./s1. The van der Waals surface area contributed by atoms with Crippen LogP contribution >= 0.6 is 12.4 Å². The summed E-state index contributed by atoms with van der Waals surface area (Å²) in [5, 5.41) is 8.58. The molecule has 0 bridgehead atoms. The van der Waals surface area contributed by atoms with Gasteiger partial charge < -0.3 is 10.8 Å². The van der Waals surface area contributed by atoms with E-state index in [0.717, 1.165) is 12.1 Å². The third-order valence-electron chi connectivity index (χ3n) is 1.57. The Labute approximate surface area is 80.8 Å². The number of hydrogen-bond donors (Lipinski definition) is 2. The van der Waals surface area contributed by atoms with Gasteiger partial charge in [0.1, 0.15) is 11.6 Å². The van der Waals surface area contributed by atoms with Gasteiger partial charge in [0, 0.05) is 5.56 Å². The molecule has 13 heavy (non-hydrogen) atoms. The lowest BCUT2D eigenvalue weighted by molar-refractivity contribution is 0.262. The fraction of sp³-hybridized carbons (Fsp3) is 0.250. The van der Waals surface area contributed by atoms with Crippen LogP contribution in [0.4, 0.5) is 8.78 Å². The Morgan fingerprint density at radius 1 is 1.31 bits per heavy atom. The first-order chi connectivity index (χ1) is 5.66. The summed E-state index contributed by atoms with van der Waals surface area (Å²) >= 11 is 0. The van der Waals surface area contributed by atoms with Crippen molar-refractivity contribution in [2.75, 3.05) is 6.61 Å². The normalized spacial score (nSPS) is 12.0. The molecule has 0 radical (unpaired) electrons. The first kappa shape index (κ1) is 12.3. The first-order valence-corrected chi connectivity index (χ1v) is 3.47. The van der Waals surface area contributed by atoms with Gasteiger partial charge in [0.2, 0.25) is 0 Å². The van der Waals surface area contributed by atoms with Gasteiger partial charge in [-0.05, 0) is 12.1 Å². The second-order valence-electron chi connectivity index (χ2n) is 2.42. The van der Waals surface area contributed by atoms with Crippen LogP contribution in [0.15, 0.2) is 18.2 Å². The summed E-state index contributed by atoms with van der Waals surface area (Å²) in [6.07, 6.45) is 0. The summed E-state index contributed by atoms with van der Waals surface area (Å²) in [5.74, 6) is -1.45. The number of halogens is 3. The molecular weight excluding hydrogens is 200 g/mol. The van der Waals surface area contributed by atoms with Crippen LogP contribution < -0.4 is 5.73 Å². The predicted molar refractivity (Wildman–Crippen MR) is 47.6 cm³/mol. The molecule has 0 spiro atoms. The molecule has 3 N–H and O–H groups in total. The number of hydrogen-bond acceptors (Lipinski definition) is 2.